The molecule has 1 saturated heterocycles. The minimum Gasteiger partial charge on any atom is -0.492 e. The van der Waals surface area contributed by atoms with E-state index in [1.54, 1.807) is 0 Å². The number of ether oxygens (including phenoxy) is 2. The topological polar surface area (TPSA) is 59.8 Å². The van der Waals surface area contributed by atoms with E-state index in [9.17, 15) is 0 Å². The van der Waals surface area contributed by atoms with Crippen molar-refractivity contribution in [3.8, 4) is 5.75 Å². The van der Waals surface area contributed by atoms with Crippen molar-refractivity contribution >= 4 is 11.5 Å². The summed E-state index contributed by atoms with van der Waals surface area (Å²) in [5.41, 5.74) is 0.903. The lowest BCUT2D eigenvalue weighted by atomic mass is 9.93. The normalized spacial score (nSPS) is 16.0. The largest absolute Gasteiger partial charge is 0.492 e. The van der Waals surface area contributed by atoms with Gasteiger partial charge in [-0.15, -0.1) is 0 Å². The van der Waals surface area contributed by atoms with Crippen molar-refractivity contribution in [2.75, 3.05) is 44.8 Å². The van der Waals surface area contributed by atoms with E-state index in [-0.39, 0.29) is 5.41 Å². The summed E-state index contributed by atoms with van der Waals surface area (Å²) in [6.07, 6.45) is 0. The molecule has 0 atom stereocenters. The van der Waals surface area contributed by atoms with E-state index in [0.29, 0.717) is 12.4 Å². The molecule has 2 heterocycles. The van der Waals surface area contributed by atoms with Crippen molar-refractivity contribution in [2.45, 2.75) is 26.2 Å². The van der Waals surface area contributed by atoms with Crippen molar-refractivity contribution in [2.24, 2.45) is 0 Å². The van der Waals surface area contributed by atoms with E-state index >= 15 is 0 Å². The molecule has 1 aliphatic rings. The Kier molecular flexibility index (Phi) is 5.60. The van der Waals surface area contributed by atoms with Gasteiger partial charge in [0.1, 0.15) is 18.1 Å². The summed E-state index contributed by atoms with van der Waals surface area (Å²) in [4.78, 5) is 2.36. The third-order valence-electron chi connectivity index (χ3n) is 4.16. The van der Waals surface area contributed by atoms with Gasteiger partial charge in [-0.05, 0) is 24.3 Å². The van der Waals surface area contributed by atoms with Gasteiger partial charge in [-0.1, -0.05) is 25.9 Å². The SMILES string of the molecule is CC(C)(C)c1cc(Nc2ccc(OCCN3CCOCC3)cc2)no1. The first-order chi connectivity index (χ1) is 12.0. The second-order valence-corrected chi connectivity index (χ2v) is 7.28. The molecule has 25 heavy (non-hydrogen) atoms. The zero-order valence-electron chi connectivity index (χ0n) is 15.2. The maximum Gasteiger partial charge on any atom is 0.174 e. The smallest absolute Gasteiger partial charge is 0.174 e. The fraction of sp³-hybridized carbons (Fsp3) is 0.526. The zero-order chi connectivity index (χ0) is 17.7. The van der Waals surface area contributed by atoms with E-state index in [0.717, 1.165) is 50.0 Å². The average molecular weight is 345 g/mol. The minimum atomic E-state index is -0.0505. The molecule has 2 aromatic rings. The third-order valence-corrected chi connectivity index (χ3v) is 4.16. The van der Waals surface area contributed by atoms with Gasteiger partial charge in [0.25, 0.3) is 0 Å². The first kappa shape index (κ1) is 17.8. The minimum absolute atomic E-state index is 0.0505. The number of benzene rings is 1. The monoisotopic (exact) mass is 345 g/mol. The maximum absolute atomic E-state index is 5.82. The van der Waals surface area contributed by atoms with Gasteiger partial charge in [0.2, 0.25) is 0 Å². The molecule has 0 aliphatic carbocycles. The van der Waals surface area contributed by atoms with Crippen molar-refractivity contribution in [1.29, 1.82) is 0 Å². The highest BCUT2D eigenvalue weighted by atomic mass is 16.5. The quantitative estimate of drug-likeness (QED) is 0.865. The number of hydrogen-bond acceptors (Lipinski definition) is 6. The van der Waals surface area contributed by atoms with Crippen LogP contribution in [0, 0.1) is 0 Å². The molecule has 1 aromatic carbocycles. The zero-order valence-corrected chi connectivity index (χ0v) is 15.2. The highest BCUT2D eigenvalue weighted by molar-refractivity contribution is 5.57. The van der Waals surface area contributed by atoms with Crippen LogP contribution in [0.25, 0.3) is 0 Å². The van der Waals surface area contributed by atoms with Crippen molar-refractivity contribution in [3.63, 3.8) is 0 Å². The highest BCUT2D eigenvalue weighted by Gasteiger charge is 2.19. The molecule has 1 fully saturated rings. The van der Waals surface area contributed by atoms with Gasteiger partial charge >= 0.3 is 0 Å². The van der Waals surface area contributed by atoms with Crippen molar-refractivity contribution < 1.29 is 14.0 Å². The van der Waals surface area contributed by atoms with Gasteiger partial charge in [0, 0.05) is 36.8 Å². The van der Waals surface area contributed by atoms with E-state index in [1.165, 1.54) is 0 Å². The van der Waals surface area contributed by atoms with Crippen LogP contribution in [0.5, 0.6) is 5.75 Å². The highest BCUT2D eigenvalue weighted by Crippen LogP contribution is 2.26. The molecule has 1 aromatic heterocycles. The molecule has 0 saturated carbocycles. The second-order valence-electron chi connectivity index (χ2n) is 7.28. The van der Waals surface area contributed by atoms with Crippen molar-refractivity contribution in [3.05, 3.63) is 36.1 Å². The molecule has 0 spiro atoms. The van der Waals surface area contributed by atoms with Gasteiger partial charge in [-0.2, -0.15) is 0 Å². The van der Waals surface area contributed by atoms with Crippen LogP contribution in [0.4, 0.5) is 11.5 Å². The Morgan fingerprint density at radius 3 is 2.52 bits per heavy atom. The van der Waals surface area contributed by atoms with Crippen LogP contribution in [0.15, 0.2) is 34.9 Å². The van der Waals surface area contributed by atoms with Gasteiger partial charge in [0.05, 0.1) is 13.2 Å². The number of nitrogens with zero attached hydrogens (tertiary/aromatic N) is 2. The Morgan fingerprint density at radius 2 is 1.88 bits per heavy atom. The maximum atomic E-state index is 5.82. The summed E-state index contributed by atoms with van der Waals surface area (Å²) >= 11 is 0. The van der Waals surface area contributed by atoms with Crippen LogP contribution in [-0.2, 0) is 10.2 Å². The summed E-state index contributed by atoms with van der Waals surface area (Å²) in [6.45, 7) is 11.5. The molecule has 136 valence electrons. The molecule has 0 unspecified atom stereocenters. The van der Waals surface area contributed by atoms with Crippen LogP contribution in [0.1, 0.15) is 26.5 Å². The molecule has 1 aliphatic heterocycles. The Labute approximate surface area is 149 Å². The first-order valence-corrected chi connectivity index (χ1v) is 8.78. The lowest BCUT2D eigenvalue weighted by Crippen LogP contribution is -2.38. The number of aromatic nitrogens is 1. The lowest BCUT2D eigenvalue weighted by Gasteiger charge is -2.26. The van der Waals surface area contributed by atoms with Gasteiger partial charge in [-0.25, -0.2) is 0 Å². The van der Waals surface area contributed by atoms with Crippen LogP contribution in [0.3, 0.4) is 0 Å². The van der Waals surface area contributed by atoms with Crippen LogP contribution >= 0.6 is 0 Å². The molecule has 0 radical (unpaired) electrons. The molecular formula is C19H27N3O3. The average Bonchev–Trinajstić information content (AvgIpc) is 3.06. The van der Waals surface area contributed by atoms with Crippen LogP contribution < -0.4 is 10.1 Å². The number of hydrogen-bond donors (Lipinski definition) is 1. The van der Waals surface area contributed by atoms with Crippen LogP contribution in [-0.4, -0.2) is 49.5 Å². The summed E-state index contributed by atoms with van der Waals surface area (Å²) in [5, 5.41) is 7.32. The van der Waals surface area contributed by atoms with E-state index in [1.807, 2.05) is 30.3 Å². The Hall–Kier alpha value is -2.05. The molecule has 6 heteroatoms. The van der Waals surface area contributed by atoms with E-state index in [2.05, 4.69) is 36.1 Å². The predicted octanol–water partition coefficient (Wildman–Crippen LogP) is 3.43. The second kappa shape index (κ2) is 7.89. The molecule has 0 bridgehead atoms. The summed E-state index contributed by atoms with van der Waals surface area (Å²) in [6, 6.07) is 9.83. The predicted molar refractivity (Wildman–Crippen MR) is 97.7 cm³/mol. The Balaban J connectivity index is 1.47. The lowest BCUT2D eigenvalue weighted by molar-refractivity contribution is 0.0322. The molecule has 6 nitrogen and oxygen atoms in total. The molecule has 3 rings (SSSR count). The Bertz CT molecular complexity index is 655. The van der Waals surface area contributed by atoms with Crippen molar-refractivity contribution in [1.82, 2.24) is 10.1 Å². The van der Waals surface area contributed by atoms with Gasteiger partial charge in [-0.3, -0.25) is 4.90 Å². The third kappa shape index (κ3) is 5.21. The standard InChI is InChI=1S/C19H27N3O3/c1-19(2,3)17-14-18(21-25-17)20-15-4-6-16(7-5-15)24-13-10-22-8-11-23-12-9-22/h4-7,14H,8-13H2,1-3H3,(H,20,21). The Morgan fingerprint density at radius 1 is 1.16 bits per heavy atom. The van der Waals surface area contributed by atoms with Gasteiger partial charge < -0.3 is 19.3 Å². The van der Waals surface area contributed by atoms with E-state index < -0.39 is 0 Å². The van der Waals surface area contributed by atoms with Crippen LogP contribution in [0.2, 0.25) is 0 Å². The number of morpholine rings is 1. The summed E-state index contributed by atoms with van der Waals surface area (Å²) < 4.78 is 16.5. The van der Waals surface area contributed by atoms with Gasteiger partial charge in [0.15, 0.2) is 5.82 Å². The number of rotatable bonds is 6. The fourth-order valence-electron chi connectivity index (χ4n) is 2.59. The molecule has 1 N–H and O–H groups in total. The number of nitrogens with one attached hydrogen (secondary N) is 1. The summed E-state index contributed by atoms with van der Waals surface area (Å²) in [7, 11) is 0. The molecular weight excluding hydrogens is 318 g/mol. The molecule has 0 amide bonds. The van der Waals surface area contributed by atoms with E-state index in [4.69, 9.17) is 14.0 Å². The summed E-state index contributed by atoms with van der Waals surface area (Å²) in [5.74, 6) is 2.44. The first-order valence-electron chi connectivity index (χ1n) is 8.78. The number of anilines is 2. The fourth-order valence-corrected chi connectivity index (χ4v) is 2.59.